The van der Waals surface area contributed by atoms with Crippen molar-refractivity contribution in [3.05, 3.63) is 82.8 Å². The Kier molecular flexibility index (Phi) is 5.21. The number of hydrogen-bond donors (Lipinski definition) is 1. The summed E-state index contributed by atoms with van der Waals surface area (Å²) in [5, 5.41) is 17.1. The number of benzene rings is 2. The lowest BCUT2D eigenvalue weighted by molar-refractivity contribution is -0.383. The number of anilines is 4. The first-order valence-corrected chi connectivity index (χ1v) is 9.54. The van der Waals surface area contributed by atoms with Crippen LogP contribution in [0.4, 0.5) is 28.8 Å². The van der Waals surface area contributed by atoms with Gasteiger partial charge in [-0.1, -0.05) is 42.5 Å². The molecular formula is C22H20N6O2. The van der Waals surface area contributed by atoms with Gasteiger partial charge in [-0.2, -0.15) is 0 Å². The second-order valence-electron chi connectivity index (χ2n) is 6.68. The highest BCUT2D eigenvalue weighted by molar-refractivity contribution is 5.96. The number of pyridine rings is 1. The van der Waals surface area contributed by atoms with E-state index in [0.717, 1.165) is 22.2 Å². The summed E-state index contributed by atoms with van der Waals surface area (Å²) in [7, 11) is 0. The van der Waals surface area contributed by atoms with E-state index in [1.165, 1.54) is 6.33 Å². The number of aryl methyl sites for hydroxylation is 1. The third-order valence-electron chi connectivity index (χ3n) is 4.75. The first-order valence-electron chi connectivity index (χ1n) is 9.54. The van der Waals surface area contributed by atoms with E-state index in [9.17, 15) is 10.1 Å². The highest BCUT2D eigenvalue weighted by Gasteiger charge is 2.28. The van der Waals surface area contributed by atoms with Crippen LogP contribution in [-0.2, 0) is 0 Å². The number of nitrogens with one attached hydrogen (secondary N) is 1. The molecule has 0 amide bonds. The Labute approximate surface area is 173 Å². The standard InChI is InChI=1S/C22H20N6O2/c1-3-27(18-12-7-10-16-9-4-5-11-17(16)18)22-20(28(29)30)21(23-14-24-22)26-19-13-6-8-15(2)25-19/h4-14H,3H2,1-2H3,(H,23,24,25,26). The Morgan fingerprint density at radius 1 is 1.03 bits per heavy atom. The number of rotatable bonds is 6. The highest BCUT2D eigenvalue weighted by atomic mass is 16.6. The topological polar surface area (TPSA) is 97.1 Å². The van der Waals surface area contributed by atoms with Crippen LogP contribution in [0.5, 0.6) is 0 Å². The molecule has 0 aliphatic heterocycles. The summed E-state index contributed by atoms with van der Waals surface area (Å²) in [6, 6.07) is 19.2. The lowest BCUT2D eigenvalue weighted by Gasteiger charge is -2.23. The first kappa shape index (κ1) is 19.3. The zero-order valence-electron chi connectivity index (χ0n) is 16.6. The molecule has 8 nitrogen and oxygen atoms in total. The average molecular weight is 400 g/mol. The van der Waals surface area contributed by atoms with Crippen LogP contribution in [0, 0.1) is 17.0 Å². The van der Waals surface area contributed by atoms with Crippen LogP contribution < -0.4 is 10.2 Å². The molecule has 0 atom stereocenters. The van der Waals surface area contributed by atoms with E-state index >= 15 is 0 Å². The minimum atomic E-state index is -0.457. The predicted octanol–water partition coefficient (Wildman–Crippen LogP) is 5.14. The van der Waals surface area contributed by atoms with Crippen molar-refractivity contribution in [2.24, 2.45) is 0 Å². The normalized spacial score (nSPS) is 10.7. The molecular weight excluding hydrogens is 380 g/mol. The van der Waals surface area contributed by atoms with E-state index in [4.69, 9.17) is 0 Å². The van der Waals surface area contributed by atoms with Gasteiger partial charge < -0.3 is 10.2 Å². The Morgan fingerprint density at radius 2 is 1.80 bits per heavy atom. The molecule has 2 heterocycles. The number of fused-ring (bicyclic) bond motifs is 1. The van der Waals surface area contributed by atoms with Gasteiger partial charge >= 0.3 is 5.69 Å². The van der Waals surface area contributed by atoms with Gasteiger partial charge in [-0.15, -0.1) is 0 Å². The van der Waals surface area contributed by atoms with Gasteiger partial charge in [-0.05, 0) is 37.4 Å². The number of hydrogen-bond acceptors (Lipinski definition) is 7. The second-order valence-corrected chi connectivity index (χ2v) is 6.68. The molecule has 2 aromatic carbocycles. The Morgan fingerprint density at radius 3 is 2.57 bits per heavy atom. The number of nitro groups is 1. The van der Waals surface area contributed by atoms with Crippen LogP contribution in [0.25, 0.3) is 10.8 Å². The van der Waals surface area contributed by atoms with E-state index in [0.29, 0.717) is 12.4 Å². The quantitative estimate of drug-likeness (QED) is 0.353. The summed E-state index contributed by atoms with van der Waals surface area (Å²) in [5.74, 6) is 0.807. The molecule has 0 unspecified atom stereocenters. The van der Waals surface area contributed by atoms with Crippen molar-refractivity contribution in [3.8, 4) is 0 Å². The van der Waals surface area contributed by atoms with Crippen molar-refractivity contribution in [1.82, 2.24) is 15.0 Å². The van der Waals surface area contributed by atoms with Gasteiger partial charge in [-0.25, -0.2) is 15.0 Å². The van der Waals surface area contributed by atoms with Gasteiger partial charge in [0.25, 0.3) is 0 Å². The number of nitrogens with zero attached hydrogens (tertiary/aromatic N) is 5. The van der Waals surface area contributed by atoms with E-state index in [1.54, 1.807) is 6.07 Å². The van der Waals surface area contributed by atoms with Crippen molar-refractivity contribution in [2.75, 3.05) is 16.8 Å². The third-order valence-corrected chi connectivity index (χ3v) is 4.75. The maximum atomic E-state index is 12.1. The summed E-state index contributed by atoms with van der Waals surface area (Å²) < 4.78 is 0. The summed E-state index contributed by atoms with van der Waals surface area (Å²) >= 11 is 0. The zero-order chi connectivity index (χ0) is 21.1. The van der Waals surface area contributed by atoms with Crippen LogP contribution in [0.15, 0.2) is 67.0 Å². The summed E-state index contributed by atoms with van der Waals surface area (Å²) in [4.78, 5) is 26.2. The van der Waals surface area contributed by atoms with Crippen molar-refractivity contribution in [2.45, 2.75) is 13.8 Å². The van der Waals surface area contributed by atoms with Gasteiger partial charge in [0.2, 0.25) is 11.6 Å². The number of aromatic nitrogens is 3. The summed E-state index contributed by atoms with van der Waals surface area (Å²) in [5.41, 5.74) is 1.44. The SMILES string of the molecule is CCN(c1ncnc(Nc2cccc(C)n2)c1[N+](=O)[O-])c1cccc2ccccc12. The minimum absolute atomic E-state index is 0.0989. The van der Waals surface area contributed by atoms with Crippen molar-refractivity contribution < 1.29 is 4.92 Å². The minimum Gasteiger partial charge on any atom is -0.320 e. The largest absolute Gasteiger partial charge is 0.354 e. The van der Waals surface area contributed by atoms with Crippen molar-refractivity contribution in [1.29, 1.82) is 0 Å². The van der Waals surface area contributed by atoms with Crippen LogP contribution in [0.3, 0.4) is 0 Å². The third kappa shape index (κ3) is 3.62. The van der Waals surface area contributed by atoms with E-state index in [-0.39, 0.29) is 17.3 Å². The summed E-state index contributed by atoms with van der Waals surface area (Å²) in [6.45, 7) is 4.28. The molecule has 0 saturated carbocycles. The van der Waals surface area contributed by atoms with Crippen molar-refractivity contribution in [3.63, 3.8) is 0 Å². The Balaban J connectivity index is 1.85. The molecule has 150 valence electrons. The molecule has 0 aliphatic carbocycles. The molecule has 0 fully saturated rings. The molecule has 0 saturated heterocycles. The monoisotopic (exact) mass is 400 g/mol. The van der Waals surface area contributed by atoms with Gasteiger partial charge in [0.05, 0.1) is 10.6 Å². The van der Waals surface area contributed by atoms with E-state index in [1.807, 2.05) is 73.3 Å². The maximum absolute atomic E-state index is 12.1. The maximum Gasteiger partial charge on any atom is 0.354 e. The van der Waals surface area contributed by atoms with Crippen LogP contribution in [0.2, 0.25) is 0 Å². The van der Waals surface area contributed by atoms with Gasteiger partial charge in [0, 0.05) is 17.6 Å². The lowest BCUT2D eigenvalue weighted by Crippen LogP contribution is -2.20. The van der Waals surface area contributed by atoms with Crippen LogP contribution >= 0.6 is 0 Å². The molecule has 1 N–H and O–H groups in total. The predicted molar refractivity (Wildman–Crippen MR) is 118 cm³/mol. The van der Waals surface area contributed by atoms with Crippen molar-refractivity contribution >= 4 is 39.6 Å². The first-order chi connectivity index (χ1) is 14.6. The van der Waals surface area contributed by atoms with Crippen LogP contribution in [0.1, 0.15) is 12.6 Å². The summed E-state index contributed by atoms with van der Waals surface area (Å²) in [6.07, 6.45) is 1.33. The second kappa shape index (κ2) is 8.12. The van der Waals surface area contributed by atoms with E-state index in [2.05, 4.69) is 20.3 Å². The average Bonchev–Trinajstić information content (AvgIpc) is 2.74. The Hall–Kier alpha value is -4.07. The zero-order valence-corrected chi connectivity index (χ0v) is 16.6. The molecule has 4 aromatic rings. The van der Waals surface area contributed by atoms with E-state index < -0.39 is 4.92 Å². The smallest absolute Gasteiger partial charge is 0.320 e. The fourth-order valence-electron chi connectivity index (χ4n) is 3.44. The fourth-order valence-corrected chi connectivity index (χ4v) is 3.44. The molecule has 8 heteroatoms. The molecule has 4 rings (SSSR count). The van der Waals surface area contributed by atoms with Gasteiger partial charge in [0.1, 0.15) is 12.1 Å². The molecule has 0 radical (unpaired) electrons. The fraction of sp³-hybridized carbons (Fsp3) is 0.136. The van der Waals surface area contributed by atoms with Gasteiger partial charge in [-0.3, -0.25) is 10.1 Å². The molecule has 0 aliphatic rings. The highest BCUT2D eigenvalue weighted by Crippen LogP contribution is 2.39. The molecule has 30 heavy (non-hydrogen) atoms. The molecule has 2 aromatic heterocycles. The molecule has 0 bridgehead atoms. The Bertz CT molecular complexity index is 1220. The lowest BCUT2D eigenvalue weighted by atomic mass is 10.1. The molecule has 0 spiro atoms. The van der Waals surface area contributed by atoms with Crippen LogP contribution in [-0.4, -0.2) is 26.4 Å². The van der Waals surface area contributed by atoms with Gasteiger partial charge in [0.15, 0.2) is 0 Å².